The summed E-state index contributed by atoms with van der Waals surface area (Å²) >= 11 is 1.50. The molecule has 1 aromatic heterocycles. The summed E-state index contributed by atoms with van der Waals surface area (Å²) in [5.41, 5.74) is 0. The standard InChI is InChI=1S/C18H28N4O2S/c1-13-19-18(25-20-13)21-8-4-16-15(12-21)3-2-7-22(16)17(23)11-14-5-9-24-10-6-14/h14-16H,2-12H2,1H3. The summed E-state index contributed by atoms with van der Waals surface area (Å²) < 4.78 is 9.75. The molecule has 3 saturated heterocycles. The second-order valence-electron chi connectivity index (χ2n) is 7.68. The van der Waals surface area contributed by atoms with Crippen LogP contribution in [0.3, 0.4) is 0 Å². The van der Waals surface area contributed by atoms with Crippen molar-refractivity contribution in [2.45, 2.75) is 51.5 Å². The summed E-state index contributed by atoms with van der Waals surface area (Å²) in [6, 6.07) is 0.423. The lowest BCUT2D eigenvalue weighted by atomic mass is 9.83. The van der Waals surface area contributed by atoms with Crippen molar-refractivity contribution >= 4 is 22.6 Å². The molecular formula is C18H28N4O2S. The van der Waals surface area contributed by atoms with Crippen molar-refractivity contribution in [3.8, 4) is 0 Å². The number of ether oxygens (including phenoxy) is 1. The molecule has 2 atom stereocenters. The highest BCUT2D eigenvalue weighted by molar-refractivity contribution is 7.09. The Morgan fingerprint density at radius 2 is 2.08 bits per heavy atom. The van der Waals surface area contributed by atoms with Crippen molar-refractivity contribution in [2.75, 3.05) is 37.7 Å². The maximum atomic E-state index is 12.9. The fourth-order valence-corrected chi connectivity index (χ4v) is 5.32. The molecule has 3 fully saturated rings. The van der Waals surface area contributed by atoms with Crippen LogP contribution in [0.5, 0.6) is 0 Å². The predicted octanol–water partition coefficient (Wildman–Crippen LogP) is 2.48. The number of fused-ring (bicyclic) bond motifs is 1. The number of carbonyl (C=O) groups is 1. The molecule has 6 nitrogen and oxygen atoms in total. The molecular weight excluding hydrogens is 336 g/mol. The van der Waals surface area contributed by atoms with Crippen LogP contribution in [-0.2, 0) is 9.53 Å². The van der Waals surface area contributed by atoms with Crippen LogP contribution >= 0.6 is 11.5 Å². The van der Waals surface area contributed by atoms with E-state index in [2.05, 4.69) is 19.2 Å². The fraction of sp³-hybridized carbons (Fsp3) is 0.833. The third kappa shape index (κ3) is 3.82. The van der Waals surface area contributed by atoms with Gasteiger partial charge in [-0.25, -0.2) is 4.98 Å². The highest BCUT2D eigenvalue weighted by Gasteiger charge is 2.39. The van der Waals surface area contributed by atoms with Crippen LogP contribution in [0.2, 0.25) is 0 Å². The number of likely N-dealkylation sites (tertiary alicyclic amines) is 1. The average Bonchev–Trinajstić information content (AvgIpc) is 3.08. The van der Waals surface area contributed by atoms with Crippen LogP contribution in [0.25, 0.3) is 0 Å². The highest BCUT2D eigenvalue weighted by atomic mass is 32.1. The Balaban J connectivity index is 1.38. The molecule has 0 radical (unpaired) electrons. The molecule has 0 aliphatic carbocycles. The summed E-state index contributed by atoms with van der Waals surface area (Å²) in [4.78, 5) is 22.1. The van der Waals surface area contributed by atoms with Crippen molar-refractivity contribution in [3.05, 3.63) is 5.82 Å². The molecule has 3 aliphatic rings. The van der Waals surface area contributed by atoms with Crippen molar-refractivity contribution in [2.24, 2.45) is 11.8 Å². The maximum absolute atomic E-state index is 12.9. The minimum atomic E-state index is 0.377. The van der Waals surface area contributed by atoms with Crippen LogP contribution in [0.1, 0.15) is 44.3 Å². The first-order chi connectivity index (χ1) is 12.2. The molecule has 3 aliphatic heterocycles. The number of aromatic nitrogens is 2. The van der Waals surface area contributed by atoms with E-state index in [9.17, 15) is 4.79 Å². The first kappa shape index (κ1) is 17.2. The molecule has 0 spiro atoms. The van der Waals surface area contributed by atoms with Gasteiger partial charge >= 0.3 is 0 Å². The number of aryl methyl sites for hydroxylation is 1. The van der Waals surface area contributed by atoms with E-state index >= 15 is 0 Å². The van der Waals surface area contributed by atoms with E-state index in [4.69, 9.17) is 4.74 Å². The molecule has 138 valence electrons. The normalized spacial score (nSPS) is 28.0. The smallest absolute Gasteiger partial charge is 0.223 e. The molecule has 7 heteroatoms. The Hall–Kier alpha value is -1.21. The van der Waals surface area contributed by atoms with Crippen LogP contribution in [0, 0.1) is 18.8 Å². The summed E-state index contributed by atoms with van der Waals surface area (Å²) in [5, 5.41) is 1.04. The highest BCUT2D eigenvalue weighted by Crippen LogP contribution is 2.34. The molecule has 4 heterocycles. The van der Waals surface area contributed by atoms with Gasteiger partial charge in [0.25, 0.3) is 0 Å². The quantitative estimate of drug-likeness (QED) is 0.825. The van der Waals surface area contributed by atoms with E-state index < -0.39 is 0 Å². The molecule has 0 N–H and O–H groups in total. The average molecular weight is 365 g/mol. The first-order valence-corrected chi connectivity index (χ1v) is 10.4. The summed E-state index contributed by atoms with van der Waals surface area (Å²) in [6.07, 6.45) is 6.20. The number of hydrogen-bond donors (Lipinski definition) is 0. The Morgan fingerprint density at radius 3 is 2.84 bits per heavy atom. The van der Waals surface area contributed by atoms with Gasteiger partial charge in [-0.1, -0.05) is 0 Å². The lowest BCUT2D eigenvalue weighted by Crippen LogP contribution is -2.56. The van der Waals surface area contributed by atoms with Crippen molar-refractivity contribution in [1.82, 2.24) is 14.3 Å². The Kier molecular flexibility index (Phi) is 5.22. The molecule has 1 amide bonds. The number of hydrogen-bond acceptors (Lipinski definition) is 6. The van der Waals surface area contributed by atoms with Gasteiger partial charge in [-0.05, 0) is 50.9 Å². The number of carbonyl (C=O) groups excluding carboxylic acids is 1. The van der Waals surface area contributed by atoms with Gasteiger partial charge in [0, 0.05) is 56.8 Å². The summed E-state index contributed by atoms with van der Waals surface area (Å²) in [5.74, 6) is 2.33. The number of rotatable bonds is 3. The third-order valence-corrected chi connectivity index (χ3v) is 6.85. The topological polar surface area (TPSA) is 58.6 Å². The van der Waals surface area contributed by atoms with E-state index in [1.165, 1.54) is 18.0 Å². The molecule has 1 aromatic rings. The minimum absolute atomic E-state index is 0.377. The zero-order chi connectivity index (χ0) is 17.2. The van der Waals surface area contributed by atoms with E-state index in [-0.39, 0.29) is 0 Å². The number of amides is 1. The molecule has 0 saturated carbocycles. The van der Waals surface area contributed by atoms with Crippen molar-refractivity contribution < 1.29 is 9.53 Å². The monoisotopic (exact) mass is 364 g/mol. The summed E-state index contributed by atoms with van der Waals surface area (Å²) in [7, 11) is 0. The van der Waals surface area contributed by atoms with E-state index in [0.717, 1.165) is 69.5 Å². The molecule has 4 rings (SSSR count). The van der Waals surface area contributed by atoms with Gasteiger partial charge in [0.1, 0.15) is 5.82 Å². The second kappa shape index (κ2) is 7.58. The van der Waals surface area contributed by atoms with Crippen LogP contribution in [0.4, 0.5) is 5.13 Å². The Bertz CT molecular complexity index is 602. The van der Waals surface area contributed by atoms with Gasteiger partial charge in [0.05, 0.1) is 0 Å². The van der Waals surface area contributed by atoms with Gasteiger partial charge < -0.3 is 14.5 Å². The van der Waals surface area contributed by atoms with E-state index in [0.29, 0.717) is 30.2 Å². The summed E-state index contributed by atoms with van der Waals surface area (Å²) in [6.45, 7) is 6.53. The van der Waals surface area contributed by atoms with Gasteiger partial charge in [0.15, 0.2) is 0 Å². The largest absolute Gasteiger partial charge is 0.381 e. The van der Waals surface area contributed by atoms with Gasteiger partial charge in [-0.15, -0.1) is 0 Å². The number of anilines is 1. The van der Waals surface area contributed by atoms with Crippen molar-refractivity contribution in [3.63, 3.8) is 0 Å². The third-order valence-electron chi connectivity index (χ3n) is 5.98. The lowest BCUT2D eigenvalue weighted by molar-refractivity contribution is -0.138. The van der Waals surface area contributed by atoms with Gasteiger partial charge in [-0.2, -0.15) is 4.37 Å². The lowest BCUT2D eigenvalue weighted by Gasteiger charge is -2.47. The molecule has 0 bridgehead atoms. The maximum Gasteiger partial charge on any atom is 0.223 e. The SMILES string of the molecule is Cc1nsc(N2CCC3C(CCCN3C(=O)CC3CCOCC3)C2)n1. The number of nitrogens with zero attached hydrogens (tertiary/aromatic N) is 4. The van der Waals surface area contributed by atoms with Gasteiger partial charge in [-0.3, -0.25) is 4.79 Å². The fourth-order valence-electron chi connectivity index (χ4n) is 4.62. The van der Waals surface area contributed by atoms with E-state index in [1.807, 2.05) is 6.92 Å². The van der Waals surface area contributed by atoms with Gasteiger partial charge in [0.2, 0.25) is 11.0 Å². The van der Waals surface area contributed by atoms with E-state index in [1.54, 1.807) is 0 Å². The molecule has 25 heavy (non-hydrogen) atoms. The van der Waals surface area contributed by atoms with Crippen LogP contribution in [0.15, 0.2) is 0 Å². The molecule has 2 unspecified atom stereocenters. The Labute approximate surface area is 153 Å². The van der Waals surface area contributed by atoms with Crippen LogP contribution < -0.4 is 4.90 Å². The first-order valence-electron chi connectivity index (χ1n) is 9.63. The zero-order valence-electron chi connectivity index (χ0n) is 15.0. The minimum Gasteiger partial charge on any atom is -0.381 e. The van der Waals surface area contributed by atoms with Crippen molar-refractivity contribution in [1.29, 1.82) is 0 Å². The second-order valence-corrected chi connectivity index (χ2v) is 8.41. The van der Waals surface area contributed by atoms with Crippen LogP contribution in [-0.4, -0.2) is 59.1 Å². The zero-order valence-corrected chi connectivity index (χ0v) is 15.8. The Morgan fingerprint density at radius 1 is 1.24 bits per heavy atom. The number of piperidine rings is 2. The molecule has 0 aromatic carbocycles. The predicted molar refractivity (Wildman–Crippen MR) is 97.9 cm³/mol.